The normalized spacial score (nSPS) is 11.1. The highest BCUT2D eigenvalue weighted by Gasteiger charge is 2.18. The van der Waals surface area contributed by atoms with Crippen molar-refractivity contribution in [1.82, 2.24) is 5.32 Å². The van der Waals surface area contributed by atoms with Crippen LogP contribution in [0.2, 0.25) is 0 Å². The predicted octanol–water partition coefficient (Wildman–Crippen LogP) is 2.61. The Hall–Kier alpha value is -1.57. The van der Waals surface area contributed by atoms with Gasteiger partial charge in [0.25, 0.3) is 15.0 Å². The van der Waals surface area contributed by atoms with Crippen LogP contribution in [-0.2, 0) is 15.6 Å². The van der Waals surface area contributed by atoms with Gasteiger partial charge in [-0.1, -0.05) is 6.07 Å². The maximum atomic E-state index is 12.0. The Bertz CT molecular complexity index is 755. The van der Waals surface area contributed by atoms with Crippen LogP contribution in [0.5, 0.6) is 5.75 Å². The van der Waals surface area contributed by atoms with E-state index in [9.17, 15) is 13.2 Å². The SMILES string of the molecule is COc1cccc(C(=O)NCc2ccsc2S(=O)(=O)Cl)c1. The lowest BCUT2D eigenvalue weighted by molar-refractivity contribution is 0.0950. The number of carbonyl (C=O) groups excluding carboxylic acids is 1. The molecule has 2 rings (SSSR count). The number of methoxy groups -OCH3 is 1. The number of benzene rings is 1. The Labute approximate surface area is 130 Å². The van der Waals surface area contributed by atoms with Gasteiger partial charge in [0.2, 0.25) is 0 Å². The van der Waals surface area contributed by atoms with Crippen LogP contribution in [-0.4, -0.2) is 21.4 Å². The van der Waals surface area contributed by atoms with Crippen LogP contribution in [0.3, 0.4) is 0 Å². The summed E-state index contributed by atoms with van der Waals surface area (Å²) in [5.74, 6) is 0.250. The molecule has 1 amide bonds. The number of halogens is 1. The van der Waals surface area contributed by atoms with Gasteiger partial charge in [0.1, 0.15) is 9.96 Å². The summed E-state index contributed by atoms with van der Waals surface area (Å²) < 4.78 is 27.8. The molecule has 0 aliphatic rings. The molecule has 112 valence electrons. The Kier molecular flexibility index (Phi) is 4.87. The van der Waals surface area contributed by atoms with Crippen molar-refractivity contribution in [3.8, 4) is 5.75 Å². The Morgan fingerprint density at radius 2 is 2.14 bits per heavy atom. The second-order valence-corrected chi connectivity index (χ2v) is 7.76. The summed E-state index contributed by atoms with van der Waals surface area (Å²) in [6.07, 6.45) is 0. The molecular formula is C13H12ClNO4S2. The molecular weight excluding hydrogens is 334 g/mol. The molecule has 0 fully saturated rings. The fraction of sp³-hybridized carbons (Fsp3) is 0.154. The molecule has 21 heavy (non-hydrogen) atoms. The highest BCUT2D eigenvalue weighted by atomic mass is 35.7. The third-order valence-corrected chi connectivity index (χ3v) is 5.84. The zero-order chi connectivity index (χ0) is 15.5. The number of hydrogen-bond acceptors (Lipinski definition) is 5. The van der Waals surface area contributed by atoms with Gasteiger partial charge in [-0.25, -0.2) is 8.42 Å². The van der Waals surface area contributed by atoms with Gasteiger partial charge in [-0.05, 0) is 29.6 Å². The van der Waals surface area contributed by atoms with E-state index in [4.69, 9.17) is 15.4 Å². The summed E-state index contributed by atoms with van der Waals surface area (Å²) in [6.45, 7) is 0.0842. The molecule has 5 nitrogen and oxygen atoms in total. The molecule has 0 aliphatic heterocycles. The van der Waals surface area contributed by atoms with Gasteiger partial charge in [-0.3, -0.25) is 4.79 Å². The summed E-state index contributed by atoms with van der Waals surface area (Å²) in [6, 6.07) is 8.29. The second kappa shape index (κ2) is 6.46. The average Bonchev–Trinajstić information content (AvgIpc) is 2.93. The van der Waals surface area contributed by atoms with Crippen LogP contribution >= 0.6 is 22.0 Å². The van der Waals surface area contributed by atoms with Crippen LogP contribution in [0, 0.1) is 0 Å². The first-order valence-corrected chi connectivity index (χ1v) is 9.04. The minimum Gasteiger partial charge on any atom is -0.497 e. The molecule has 0 bridgehead atoms. The van der Waals surface area contributed by atoms with Crippen molar-refractivity contribution in [1.29, 1.82) is 0 Å². The van der Waals surface area contributed by atoms with Crippen molar-refractivity contribution in [3.05, 3.63) is 46.8 Å². The van der Waals surface area contributed by atoms with E-state index in [0.717, 1.165) is 11.3 Å². The number of amides is 1. The Morgan fingerprint density at radius 1 is 1.38 bits per heavy atom. The van der Waals surface area contributed by atoms with Crippen LogP contribution < -0.4 is 10.1 Å². The smallest absolute Gasteiger partial charge is 0.271 e. The van der Waals surface area contributed by atoms with Crippen molar-refractivity contribution in [3.63, 3.8) is 0 Å². The minimum absolute atomic E-state index is 0.0510. The average molecular weight is 346 g/mol. The lowest BCUT2D eigenvalue weighted by Gasteiger charge is -2.06. The summed E-state index contributed by atoms with van der Waals surface area (Å²) in [5, 5.41) is 4.27. The standard InChI is InChI=1S/C13H12ClNO4S2/c1-19-11-4-2-3-9(7-11)12(16)15-8-10-5-6-20-13(10)21(14,17)18/h2-7H,8H2,1H3,(H,15,16). The van der Waals surface area contributed by atoms with E-state index in [1.54, 1.807) is 35.7 Å². The van der Waals surface area contributed by atoms with Gasteiger partial charge in [0, 0.05) is 28.4 Å². The zero-order valence-electron chi connectivity index (χ0n) is 11.0. The highest BCUT2D eigenvalue weighted by molar-refractivity contribution is 8.15. The molecule has 0 saturated carbocycles. The van der Waals surface area contributed by atoms with Crippen molar-refractivity contribution in [2.75, 3.05) is 7.11 Å². The number of carbonyl (C=O) groups is 1. The van der Waals surface area contributed by atoms with Gasteiger partial charge < -0.3 is 10.1 Å². The van der Waals surface area contributed by atoms with Gasteiger partial charge >= 0.3 is 0 Å². The zero-order valence-corrected chi connectivity index (χ0v) is 13.4. The maximum absolute atomic E-state index is 12.0. The Balaban J connectivity index is 2.10. The molecule has 1 heterocycles. The lowest BCUT2D eigenvalue weighted by atomic mass is 10.2. The van der Waals surface area contributed by atoms with Crippen molar-refractivity contribution in [2.24, 2.45) is 0 Å². The van der Waals surface area contributed by atoms with Gasteiger partial charge in [0.05, 0.1) is 7.11 Å². The molecule has 0 radical (unpaired) electrons. The summed E-state index contributed by atoms with van der Waals surface area (Å²) in [5.41, 5.74) is 0.895. The molecule has 8 heteroatoms. The molecule has 1 aromatic heterocycles. The highest BCUT2D eigenvalue weighted by Crippen LogP contribution is 2.26. The van der Waals surface area contributed by atoms with Crippen molar-refractivity contribution >= 4 is 37.0 Å². The quantitative estimate of drug-likeness (QED) is 0.845. The van der Waals surface area contributed by atoms with Crippen LogP contribution in [0.1, 0.15) is 15.9 Å². The van der Waals surface area contributed by atoms with Crippen LogP contribution in [0.15, 0.2) is 39.9 Å². The molecule has 0 aliphatic carbocycles. The fourth-order valence-corrected chi connectivity index (χ4v) is 4.06. The second-order valence-electron chi connectivity index (χ2n) is 4.09. The van der Waals surface area contributed by atoms with Gasteiger partial charge in [0.15, 0.2) is 0 Å². The van der Waals surface area contributed by atoms with E-state index in [-0.39, 0.29) is 16.7 Å². The first-order valence-electron chi connectivity index (χ1n) is 5.85. The number of hydrogen-bond donors (Lipinski definition) is 1. The van der Waals surface area contributed by atoms with E-state index in [1.165, 1.54) is 7.11 Å². The van der Waals surface area contributed by atoms with Crippen molar-refractivity contribution < 1.29 is 17.9 Å². The topological polar surface area (TPSA) is 72.5 Å². The van der Waals surface area contributed by atoms with Gasteiger partial charge in [-0.2, -0.15) is 0 Å². The summed E-state index contributed by atoms with van der Waals surface area (Å²) in [7, 11) is 3.05. The molecule has 0 unspecified atom stereocenters. The van der Waals surface area contributed by atoms with Crippen LogP contribution in [0.4, 0.5) is 0 Å². The Morgan fingerprint density at radius 3 is 2.81 bits per heavy atom. The van der Waals surface area contributed by atoms with E-state index >= 15 is 0 Å². The first kappa shape index (κ1) is 15.8. The van der Waals surface area contributed by atoms with Gasteiger partial charge in [-0.15, -0.1) is 11.3 Å². The summed E-state index contributed by atoms with van der Waals surface area (Å²) >= 11 is 1.02. The van der Waals surface area contributed by atoms with Crippen LogP contribution in [0.25, 0.3) is 0 Å². The third-order valence-electron chi connectivity index (χ3n) is 2.70. The van der Waals surface area contributed by atoms with E-state index < -0.39 is 9.05 Å². The number of ether oxygens (including phenoxy) is 1. The monoisotopic (exact) mass is 345 g/mol. The van der Waals surface area contributed by atoms with Crippen molar-refractivity contribution in [2.45, 2.75) is 10.8 Å². The fourth-order valence-electron chi connectivity index (χ4n) is 1.71. The molecule has 0 spiro atoms. The maximum Gasteiger partial charge on any atom is 0.271 e. The molecule has 1 aromatic carbocycles. The number of rotatable bonds is 5. The molecule has 2 aromatic rings. The molecule has 0 saturated heterocycles. The predicted molar refractivity (Wildman–Crippen MR) is 81.5 cm³/mol. The molecule has 1 N–H and O–H groups in total. The number of thiophene rings is 1. The third kappa shape index (κ3) is 3.96. The lowest BCUT2D eigenvalue weighted by Crippen LogP contribution is -2.23. The van der Waals surface area contributed by atoms with E-state index in [2.05, 4.69) is 5.32 Å². The minimum atomic E-state index is -3.79. The largest absolute Gasteiger partial charge is 0.497 e. The molecule has 0 atom stereocenters. The first-order chi connectivity index (χ1) is 9.91. The van der Waals surface area contributed by atoms with E-state index in [0.29, 0.717) is 16.9 Å². The number of nitrogens with one attached hydrogen (secondary N) is 1. The summed E-state index contributed by atoms with van der Waals surface area (Å²) in [4.78, 5) is 12.0. The van der Waals surface area contributed by atoms with E-state index in [1.807, 2.05) is 0 Å².